The van der Waals surface area contributed by atoms with Gasteiger partial charge in [-0.2, -0.15) is 0 Å². The van der Waals surface area contributed by atoms with Crippen molar-refractivity contribution in [2.75, 3.05) is 20.2 Å². The predicted molar refractivity (Wildman–Crippen MR) is 107 cm³/mol. The monoisotopic (exact) mass is 359 g/mol. The van der Waals surface area contributed by atoms with Crippen molar-refractivity contribution in [1.82, 2.24) is 5.32 Å². The van der Waals surface area contributed by atoms with Crippen LogP contribution in [0.1, 0.15) is 37.3 Å². The zero-order chi connectivity index (χ0) is 16.8. The highest BCUT2D eigenvalue weighted by Crippen LogP contribution is 2.40. The fraction of sp³-hybridized carbons (Fsp3) is 0.455. The van der Waals surface area contributed by atoms with E-state index in [2.05, 4.69) is 72.9 Å². The van der Waals surface area contributed by atoms with Gasteiger partial charge in [0.25, 0.3) is 0 Å². The van der Waals surface area contributed by atoms with Crippen LogP contribution >= 0.6 is 12.4 Å². The van der Waals surface area contributed by atoms with E-state index in [1.807, 2.05) is 7.11 Å². The van der Waals surface area contributed by atoms with Crippen LogP contribution in [0.5, 0.6) is 0 Å². The molecule has 0 aliphatic heterocycles. The summed E-state index contributed by atoms with van der Waals surface area (Å²) in [5, 5.41) is 3.66. The molecule has 0 spiro atoms. The molecule has 1 aliphatic carbocycles. The molecule has 1 saturated carbocycles. The molecule has 0 heterocycles. The Labute approximate surface area is 158 Å². The largest absolute Gasteiger partial charge is 0.368 e. The first-order chi connectivity index (χ1) is 11.8. The molecule has 0 saturated heterocycles. The van der Waals surface area contributed by atoms with Gasteiger partial charge in [-0.15, -0.1) is 12.4 Å². The third-order valence-electron chi connectivity index (χ3n) is 5.30. The Morgan fingerprint density at radius 1 is 1.00 bits per heavy atom. The molecular formula is C22H30ClNO. The SMILES string of the molecule is COC(c1ccccc1)(c1ccccc1)C(C)CNCCC1CC1.Cl. The third kappa shape index (κ3) is 4.63. The number of hydrogen-bond acceptors (Lipinski definition) is 2. The van der Waals surface area contributed by atoms with Crippen LogP contribution in [0.15, 0.2) is 60.7 Å². The van der Waals surface area contributed by atoms with Gasteiger partial charge in [0.05, 0.1) is 0 Å². The maximum Gasteiger partial charge on any atom is 0.121 e. The summed E-state index contributed by atoms with van der Waals surface area (Å²) in [7, 11) is 1.83. The van der Waals surface area contributed by atoms with E-state index in [0.29, 0.717) is 5.92 Å². The van der Waals surface area contributed by atoms with Crippen LogP contribution in [-0.2, 0) is 10.3 Å². The number of ether oxygens (including phenoxy) is 1. The fourth-order valence-electron chi connectivity index (χ4n) is 3.72. The molecule has 3 rings (SSSR count). The molecule has 0 aromatic heterocycles. The summed E-state index contributed by atoms with van der Waals surface area (Å²) in [4.78, 5) is 0. The average Bonchev–Trinajstić information content (AvgIpc) is 3.46. The van der Waals surface area contributed by atoms with E-state index in [1.165, 1.54) is 30.4 Å². The lowest BCUT2D eigenvalue weighted by atomic mass is 9.76. The Hall–Kier alpha value is -1.35. The van der Waals surface area contributed by atoms with Gasteiger partial charge in [-0.1, -0.05) is 80.4 Å². The van der Waals surface area contributed by atoms with Crippen molar-refractivity contribution in [3.63, 3.8) is 0 Å². The number of nitrogens with one attached hydrogen (secondary N) is 1. The van der Waals surface area contributed by atoms with E-state index < -0.39 is 5.60 Å². The maximum absolute atomic E-state index is 6.22. The second-order valence-corrected chi connectivity index (χ2v) is 7.01. The first-order valence-electron chi connectivity index (χ1n) is 9.14. The number of hydrogen-bond donors (Lipinski definition) is 1. The molecule has 1 N–H and O–H groups in total. The van der Waals surface area contributed by atoms with Gasteiger partial charge in [0, 0.05) is 19.6 Å². The Kier molecular flexibility index (Phi) is 7.49. The van der Waals surface area contributed by atoms with Crippen molar-refractivity contribution in [2.45, 2.75) is 31.8 Å². The molecule has 0 bridgehead atoms. The van der Waals surface area contributed by atoms with E-state index in [0.717, 1.165) is 19.0 Å². The maximum atomic E-state index is 6.22. The van der Waals surface area contributed by atoms with Gasteiger partial charge in [0.15, 0.2) is 0 Å². The van der Waals surface area contributed by atoms with Gasteiger partial charge in [0.2, 0.25) is 0 Å². The minimum Gasteiger partial charge on any atom is -0.368 e. The van der Waals surface area contributed by atoms with Crippen molar-refractivity contribution < 1.29 is 4.74 Å². The lowest BCUT2D eigenvalue weighted by molar-refractivity contribution is -0.0230. The summed E-state index contributed by atoms with van der Waals surface area (Å²) in [6.45, 7) is 4.34. The lowest BCUT2D eigenvalue weighted by Crippen LogP contribution is -2.42. The van der Waals surface area contributed by atoms with E-state index in [4.69, 9.17) is 4.74 Å². The van der Waals surface area contributed by atoms with Gasteiger partial charge >= 0.3 is 0 Å². The molecule has 25 heavy (non-hydrogen) atoms. The molecule has 1 atom stereocenters. The highest BCUT2D eigenvalue weighted by Gasteiger charge is 2.39. The molecule has 1 aliphatic rings. The molecule has 3 heteroatoms. The summed E-state index contributed by atoms with van der Waals surface area (Å²) in [6, 6.07) is 21.2. The molecule has 2 nitrogen and oxygen atoms in total. The van der Waals surface area contributed by atoms with Crippen LogP contribution in [0.25, 0.3) is 0 Å². The van der Waals surface area contributed by atoms with Gasteiger partial charge in [-0.05, 0) is 30.0 Å². The van der Waals surface area contributed by atoms with Crippen LogP contribution in [0.3, 0.4) is 0 Å². The van der Waals surface area contributed by atoms with Crippen molar-refractivity contribution in [3.8, 4) is 0 Å². The summed E-state index contributed by atoms with van der Waals surface area (Å²) in [5.41, 5.74) is 2.01. The third-order valence-corrected chi connectivity index (χ3v) is 5.30. The second-order valence-electron chi connectivity index (χ2n) is 7.01. The lowest BCUT2D eigenvalue weighted by Gasteiger charge is -2.39. The number of methoxy groups -OCH3 is 1. The highest BCUT2D eigenvalue weighted by atomic mass is 35.5. The Balaban J connectivity index is 0.00000225. The highest BCUT2D eigenvalue weighted by molar-refractivity contribution is 5.85. The molecule has 2 aromatic rings. The molecule has 0 amide bonds. The van der Waals surface area contributed by atoms with Crippen LogP contribution in [0.2, 0.25) is 0 Å². The van der Waals surface area contributed by atoms with Crippen LogP contribution < -0.4 is 5.32 Å². The smallest absolute Gasteiger partial charge is 0.121 e. The van der Waals surface area contributed by atoms with E-state index in [-0.39, 0.29) is 12.4 Å². The number of benzene rings is 2. The normalized spacial score (nSPS) is 15.4. The number of halogens is 1. The van der Waals surface area contributed by atoms with Gasteiger partial charge in [-0.25, -0.2) is 0 Å². The van der Waals surface area contributed by atoms with Crippen LogP contribution in [-0.4, -0.2) is 20.2 Å². The molecule has 1 fully saturated rings. The summed E-state index contributed by atoms with van der Waals surface area (Å²) in [6.07, 6.45) is 4.16. The van der Waals surface area contributed by atoms with Crippen LogP contribution in [0, 0.1) is 11.8 Å². The van der Waals surface area contributed by atoms with E-state index >= 15 is 0 Å². The summed E-state index contributed by atoms with van der Waals surface area (Å²) >= 11 is 0. The molecule has 1 unspecified atom stereocenters. The summed E-state index contributed by atoms with van der Waals surface area (Å²) < 4.78 is 6.22. The zero-order valence-corrected chi connectivity index (χ0v) is 16.1. The zero-order valence-electron chi connectivity index (χ0n) is 15.3. The Morgan fingerprint density at radius 2 is 1.52 bits per heavy atom. The topological polar surface area (TPSA) is 21.3 Å². The Morgan fingerprint density at radius 3 is 1.96 bits per heavy atom. The standard InChI is InChI=1S/C22H29NO.ClH/c1-18(17-23-16-15-19-13-14-19)22(24-2,20-9-5-3-6-10-20)21-11-7-4-8-12-21;/h3-12,18-19,23H,13-17H2,1-2H3;1H. The predicted octanol–water partition coefficient (Wildman–Crippen LogP) is 5.02. The first-order valence-corrected chi connectivity index (χ1v) is 9.14. The van der Waals surface area contributed by atoms with Gasteiger partial charge < -0.3 is 10.1 Å². The van der Waals surface area contributed by atoms with E-state index in [9.17, 15) is 0 Å². The molecular weight excluding hydrogens is 330 g/mol. The molecule has 136 valence electrons. The van der Waals surface area contributed by atoms with E-state index in [1.54, 1.807) is 0 Å². The molecule has 2 aromatic carbocycles. The van der Waals surface area contributed by atoms with Crippen molar-refractivity contribution in [1.29, 1.82) is 0 Å². The minimum absolute atomic E-state index is 0. The van der Waals surface area contributed by atoms with Gasteiger partial charge in [0.1, 0.15) is 5.60 Å². The number of rotatable bonds is 9. The minimum atomic E-state index is -0.422. The van der Waals surface area contributed by atoms with Gasteiger partial charge in [-0.3, -0.25) is 0 Å². The van der Waals surface area contributed by atoms with Crippen LogP contribution in [0.4, 0.5) is 0 Å². The van der Waals surface area contributed by atoms with Crippen molar-refractivity contribution >= 4 is 12.4 Å². The summed E-state index contributed by atoms with van der Waals surface area (Å²) in [5.74, 6) is 1.30. The second kappa shape index (κ2) is 9.38. The fourth-order valence-corrected chi connectivity index (χ4v) is 3.72. The first kappa shape index (κ1) is 20.0. The quantitative estimate of drug-likeness (QED) is 0.634. The average molecular weight is 360 g/mol. The Bertz CT molecular complexity index is 573. The van der Waals surface area contributed by atoms with Crippen molar-refractivity contribution in [2.24, 2.45) is 11.8 Å². The molecule has 0 radical (unpaired) electrons. The van der Waals surface area contributed by atoms with Crippen molar-refractivity contribution in [3.05, 3.63) is 71.8 Å².